The van der Waals surface area contributed by atoms with Crippen molar-refractivity contribution in [1.82, 2.24) is 15.5 Å². The van der Waals surface area contributed by atoms with Crippen LogP contribution >= 0.6 is 0 Å². The molecule has 0 aliphatic heterocycles. The van der Waals surface area contributed by atoms with Crippen molar-refractivity contribution in [1.29, 1.82) is 0 Å². The quantitative estimate of drug-likeness (QED) is 0.419. The van der Waals surface area contributed by atoms with Crippen molar-refractivity contribution >= 4 is 5.96 Å². The fourth-order valence-corrected chi connectivity index (χ4v) is 2.16. The molecule has 0 radical (unpaired) electrons. The van der Waals surface area contributed by atoms with Crippen LogP contribution in [0.25, 0.3) is 0 Å². The Kier molecular flexibility index (Phi) is 9.31. The summed E-state index contributed by atoms with van der Waals surface area (Å²) in [5.41, 5.74) is 1.36. The first-order chi connectivity index (χ1) is 10.7. The highest BCUT2D eigenvalue weighted by Crippen LogP contribution is 2.02. The van der Waals surface area contributed by atoms with Crippen molar-refractivity contribution in [2.45, 2.75) is 46.2 Å². The molecule has 1 rings (SSSR count). The summed E-state index contributed by atoms with van der Waals surface area (Å²) in [6.45, 7) is 10.3. The molecular formula is C18H32N4. The summed E-state index contributed by atoms with van der Waals surface area (Å²) in [7, 11) is 2.17. The lowest BCUT2D eigenvalue weighted by Gasteiger charge is -2.17. The number of aliphatic imine (C=N–C) groups is 1. The summed E-state index contributed by atoms with van der Waals surface area (Å²) in [5.74, 6) is 0.933. The van der Waals surface area contributed by atoms with E-state index < -0.39 is 0 Å². The van der Waals surface area contributed by atoms with Crippen LogP contribution in [0.2, 0.25) is 0 Å². The summed E-state index contributed by atoms with van der Waals surface area (Å²) in [4.78, 5) is 7.00. The zero-order valence-electron chi connectivity index (χ0n) is 14.6. The maximum Gasteiger partial charge on any atom is 0.191 e. The molecule has 1 aromatic carbocycles. The van der Waals surface area contributed by atoms with E-state index in [2.05, 4.69) is 78.7 Å². The van der Waals surface area contributed by atoms with Crippen molar-refractivity contribution < 1.29 is 0 Å². The first-order valence-electron chi connectivity index (χ1n) is 8.43. The number of rotatable bonds is 9. The summed E-state index contributed by atoms with van der Waals surface area (Å²) in [6, 6.07) is 11.1. The third-order valence-corrected chi connectivity index (χ3v) is 3.60. The van der Waals surface area contributed by atoms with Gasteiger partial charge in [0.05, 0.1) is 0 Å². The minimum absolute atomic E-state index is 0.457. The highest BCUT2D eigenvalue weighted by atomic mass is 15.2. The average Bonchev–Trinajstić information content (AvgIpc) is 2.52. The molecule has 1 aromatic rings. The lowest BCUT2D eigenvalue weighted by molar-refractivity contribution is 0.324. The van der Waals surface area contributed by atoms with Crippen LogP contribution in [0.3, 0.4) is 0 Å². The minimum Gasteiger partial charge on any atom is -0.357 e. The fourth-order valence-electron chi connectivity index (χ4n) is 2.16. The van der Waals surface area contributed by atoms with Crippen molar-refractivity contribution in [2.75, 3.05) is 26.7 Å². The molecule has 0 spiro atoms. The van der Waals surface area contributed by atoms with E-state index in [1.54, 1.807) is 0 Å². The van der Waals surface area contributed by atoms with Crippen LogP contribution in [0.4, 0.5) is 0 Å². The number of guanidine groups is 1. The molecule has 0 amide bonds. The second-order valence-corrected chi connectivity index (χ2v) is 5.79. The Balaban J connectivity index is 2.30. The van der Waals surface area contributed by atoms with Gasteiger partial charge in [0, 0.05) is 25.7 Å². The highest BCUT2D eigenvalue weighted by molar-refractivity contribution is 5.79. The van der Waals surface area contributed by atoms with Crippen LogP contribution in [-0.2, 0) is 6.54 Å². The summed E-state index contributed by atoms with van der Waals surface area (Å²) in [6.07, 6.45) is 2.17. The Morgan fingerprint density at radius 2 is 1.95 bits per heavy atom. The zero-order valence-corrected chi connectivity index (χ0v) is 14.6. The van der Waals surface area contributed by atoms with E-state index in [0.717, 1.165) is 45.0 Å². The molecule has 0 fully saturated rings. The normalized spacial score (nSPS) is 13.2. The highest BCUT2D eigenvalue weighted by Gasteiger charge is 2.03. The van der Waals surface area contributed by atoms with Gasteiger partial charge in [-0.15, -0.1) is 0 Å². The Morgan fingerprint density at radius 3 is 2.59 bits per heavy atom. The smallest absolute Gasteiger partial charge is 0.191 e. The molecule has 0 saturated carbocycles. The topological polar surface area (TPSA) is 39.7 Å². The van der Waals surface area contributed by atoms with Gasteiger partial charge in [0.25, 0.3) is 0 Å². The minimum atomic E-state index is 0.457. The Labute approximate surface area is 136 Å². The van der Waals surface area contributed by atoms with Gasteiger partial charge in [0.2, 0.25) is 0 Å². The van der Waals surface area contributed by atoms with Crippen LogP contribution < -0.4 is 10.6 Å². The zero-order chi connectivity index (χ0) is 16.2. The first kappa shape index (κ1) is 18.5. The number of nitrogens with zero attached hydrogens (tertiary/aromatic N) is 2. The molecule has 0 bridgehead atoms. The molecule has 0 saturated heterocycles. The van der Waals surface area contributed by atoms with Crippen molar-refractivity contribution in [3.8, 4) is 0 Å². The Morgan fingerprint density at radius 1 is 1.23 bits per heavy atom. The van der Waals surface area contributed by atoms with E-state index in [1.165, 1.54) is 5.56 Å². The fraction of sp³-hybridized carbons (Fsp3) is 0.611. The third-order valence-electron chi connectivity index (χ3n) is 3.60. The Hall–Kier alpha value is -1.55. The van der Waals surface area contributed by atoms with Gasteiger partial charge in [-0.05, 0) is 45.8 Å². The molecule has 4 heteroatoms. The largest absolute Gasteiger partial charge is 0.357 e. The number of nitrogens with one attached hydrogen (secondary N) is 2. The summed E-state index contributed by atoms with van der Waals surface area (Å²) >= 11 is 0. The van der Waals surface area contributed by atoms with Crippen LogP contribution in [0.15, 0.2) is 35.3 Å². The maximum absolute atomic E-state index is 4.65. The van der Waals surface area contributed by atoms with Gasteiger partial charge >= 0.3 is 0 Å². The average molecular weight is 304 g/mol. The predicted octanol–water partition coefficient (Wildman–Crippen LogP) is 2.86. The predicted molar refractivity (Wildman–Crippen MR) is 96.3 cm³/mol. The standard InChI is InChI=1S/C18H32N4/c1-5-16(3)21-18(19-6-2)20-13-10-14-22(4)15-17-11-8-7-9-12-17/h7-9,11-12,16H,5-6,10,13-15H2,1-4H3,(H2,19,20,21). The van der Waals surface area contributed by atoms with E-state index in [1.807, 2.05) is 0 Å². The summed E-state index contributed by atoms with van der Waals surface area (Å²) in [5, 5.41) is 6.72. The molecule has 2 N–H and O–H groups in total. The van der Waals surface area contributed by atoms with Gasteiger partial charge in [-0.2, -0.15) is 0 Å². The van der Waals surface area contributed by atoms with Gasteiger partial charge in [0.15, 0.2) is 5.96 Å². The van der Waals surface area contributed by atoms with Gasteiger partial charge in [0.1, 0.15) is 0 Å². The van der Waals surface area contributed by atoms with Gasteiger partial charge in [-0.25, -0.2) is 0 Å². The van der Waals surface area contributed by atoms with E-state index in [-0.39, 0.29) is 0 Å². The molecule has 1 atom stereocenters. The number of benzene rings is 1. The Bertz CT molecular complexity index is 416. The van der Waals surface area contributed by atoms with Crippen molar-refractivity contribution in [3.05, 3.63) is 35.9 Å². The molecule has 1 unspecified atom stereocenters. The van der Waals surface area contributed by atoms with E-state index >= 15 is 0 Å². The second kappa shape index (κ2) is 11.1. The third kappa shape index (κ3) is 8.03. The molecular weight excluding hydrogens is 272 g/mol. The van der Waals surface area contributed by atoms with Gasteiger partial charge in [-0.3, -0.25) is 4.99 Å². The van der Waals surface area contributed by atoms with E-state index in [4.69, 9.17) is 0 Å². The SMILES string of the molecule is CCNC(=NCCCN(C)Cc1ccccc1)NC(C)CC. The molecule has 22 heavy (non-hydrogen) atoms. The molecule has 0 aromatic heterocycles. The molecule has 4 nitrogen and oxygen atoms in total. The molecule has 0 aliphatic carbocycles. The van der Waals surface area contributed by atoms with E-state index in [9.17, 15) is 0 Å². The summed E-state index contributed by atoms with van der Waals surface area (Å²) < 4.78 is 0. The molecule has 0 aliphatic rings. The van der Waals surface area contributed by atoms with Crippen LogP contribution in [0.1, 0.15) is 39.2 Å². The lowest BCUT2D eigenvalue weighted by atomic mass is 10.2. The maximum atomic E-state index is 4.65. The van der Waals surface area contributed by atoms with Gasteiger partial charge < -0.3 is 15.5 Å². The molecule has 0 heterocycles. The molecule has 124 valence electrons. The number of hydrogen-bond donors (Lipinski definition) is 2. The van der Waals surface area contributed by atoms with Crippen LogP contribution in [-0.4, -0.2) is 43.6 Å². The monoisotopic (exact) mass is 304 g/mol. The first-order valence-corrected chi connectivity index (χ1v) is 8.43. The number of hydrogen-bond acceptors (Lipinski definition) is 2. The van der Waals surface area contributed by atoms with Crippen molar-refractivity contribution in [3.63, 3.8) is 0 Å². The van der Waals surface area contributed by atoms with Gasteiger partial charge in [-0.1, -0.05) is 37.3 Å². The lowest BCUT2D eigenvalue weighted by Crippen LogP contribution is -2.42. The van der Waals surface area contributed by atoms with E-state index in [0.29, 0.717) is 6.04 Å². The van der Waals surface area contributed by atoms with Crippen LogP contribution in [0.5, 0.6) is 0 Å². The second-order valence-electron chi connectivity index (χ2n) is 5.79. The van der Waals surface area contributed by atoms with Crippen molar-refractivity contribution in [2.24, 2.45) is 4.99 Å². The van der Waals surface area contributed by atoms with Crippen LogP contribution in [0, 0.1) is 0 Å².